The second-order valence-electron chi connectivity index (χ2n) is 5.02. The fourth-order valence-corrected chi connectivity index (χ4v) is 5.60. The molecule has 1 heterocycles. The Morgan fingerprint density at radius 1 is 1.17 bits per heavy atom. The lowest BCUT2D eigenvalue weighted by Gasteiger charge is -2.26. The summed E-state index contributed by atoms with van der Waals surface area (Å²) in [5.41, 5.74) is 0.642. The molecule has 0 amide bonds. The second kappa shape index (κ2) is 6.61. The molecular formula is C15H12Cl2FNO2S2. The standard InChI is InChI=1S/C15H12Cl2FNO2S2/c16-10-4-2-6-13(14(10)17)23(20,21)19-12-7-8-22-15-9(12)3-1-5-11(15)18/h1-6,12,19H,7-8H2/t12-/m1/s1. The Bertz CT molecular complexity index is 859. The van der Waals surface area contributed by atoms with Crippen LogP contribution >= 0.6 is 35.0 Å². The van der Waals surface area contributed by atoms with E-state index in [9.17, 15) is 12.8 Å². The molecular weight excluding hydrogens is 380 g/mol. The van der Waals surface area contributed by atoms with Gasteiger partial charge in [0.1, 0.15) is 10.7 Å². The predicted molar refractivity (Wildman–Crippen MR) is 91.3 cm³/mol. The highest BCUT2D eigenvalue weighted by molar-refractivity contribution is 7.99. The van der Waals surface area contributed by atoms with Crippen LogP contribution in [0.2, 0.25) is 10.0 Å². The Kier molecular flexibility index (Phi) is 4.90. The average Bonchev–Trinajstić information content (AvgIpc) is 2.50. The maximum absolute atomic E-state index is 13.9. The maximum atomic E-state index is 13.9. The molecule has 3 nitrogen and oxygen atoms in total. The Labute approximate surface area is 148 Å². The van der Waals surface area contributed by atoms with E-state index in [0.717, 1.165) is 0 Å². The van der Waals surface area contributed by atoms with Crippen LogP contribution in [-0.4, -0.2) is 14.2 Å². The van der Waals surface area contributed by atoms with Gasteiger partial charge < -0.3 is 0 Å². The van der Waals surface area contributed by atoms with Crippen molar-refractivity contribution in [3.8, 4) is 0 Å². The lowest BCUT2D eigenvalue weighted by Crippen LogP contribution is -2.31. The van der Waals surface area contributed by atoms with Gasteiger partial charge in [-0.05, 0) is 35.9 Å². The third-order valence-corrected chi connectivity index (χ3v) is 7.13. The van der Waals surface area contributed by atoms with Crippen molar-refractivity contribution < 1.29 is 12.8 Å². The van der Waals surface area contributed by atoms with Crippen molar-refractivity contribution in [1.82, 2.24) is 4.72 Å². The van der Waals surface area contributed by atoms with E-state index in [1.165, 1.54) is 36.0 Å². The van der Waals surface area contributed by atoms with E-state index in [1.807, 2.05) is 0 Å². The smallest absolute Gasteiger partial charge is 0.207 e. The zero-order valence-corrected chi connectivity index (χ0v) is 14.9. The third kappa shape index (κ3) is 3.37. The molecule has 0 saturated heterocycles. The minimum atomic E-state index is -3.87. The summed E-state index contributed by atoms with van der Waals surface area (Å²) in [6.45, 7) is 0. The van der Waals surface area contributed by atoms with Crippen molar-refractivity contribution in [2.45, 2.75) is 22.3 Å². The van der Waals surface area contributed by atoms with Crippen LogP contribution in [0.1, 0.15) is 18.0 Å². The van der Waals surface area contributed by atoms with E-state index >= 15 is 0 Å². The first-order valence-electron chi connectivity index (χ1n) is 6.77. The SMILES string of the molecule is O=S(=O)(N[C@@H]1CCSc2c(F)cccc21)c1cccc(Cl)c1Cl. The largest absolute Gasteiger partial charge is 0.242 e. The zero-order valence-electron chi connectivity index (χ0n) is 11.7. The van der Waals surface area contributed by atoms with Crippen molar-refractivity contribution in [3.63, 3.8) is 0 Å². The van der Waals surface area contributed by atoms with Gasteiger partial charge >= 0.3 is 0 Å². The minimum Gasteiger partial charge on any atom is -0.207 e. The number of hydrogen-bond donors (Lipinski definition) is 1. The average molecular weight is 392 g/mol. The van der Waals surface area contributed by atoms with E-state index in [4.69, 9.17) is 23.2 Å². The molecule has 0 saturated carbocycles. The van der Waals surface area contributed by atoms with Gasteiger partial charge in [0.15, 0.2) is 0 Å². The lowest BCUT2D eigenvalue weighted by atomic mass is 10.0. The van der Waals surface area contributed by atoms with Gasteiger partial charge in [-0.1, -0.05) is 41.4 Å². The minimum absolute atomic E-state index is 0.0219. The molecule has 1 N–H and O–H groups in total. The summed E-state index contributed by atoms with van der Waals surface area (Å²) < 4.78 is 41.7. The second-order valence-corrected chi connectivity index (χ2v) is 8.59. The molecule has 1 aliphatic heterocycles. The van der Waals surface area contributed by atoms with E-state index < -0.39 is 16.1 Å². The molecule has 2 aromatic carbocycles. The van der Waals surface area contributed by atoms with E-state index in [1.54, 1.807) is 12.1 Å². The number of halogens is 3. The summed E-state index contributed by atoms with van der Waals surface area (Å²) in [5, 5.41) is 0.145. The topological polar surface area (TPSA) is 46.2 Å². The molecule has 1 atom stereocenters. The number of hydrogen-bond acceptors (Lipinski definition) is 3. The number of rotatable bonds is 3. The summed E-state index contributed by atoms with van der Waals surface area (Å²) >= 11 is 13.3. The number of nitrogens with one attached hydrogen (secondary N) is 1. The Morgan fingerprint density at radius 3 is 2.70 bits per heavy atom. The number of benzene rings is 2. The van der Waals surface area contributed by atoms with Crippen LogP contribution in [0.4, 0.5) is 4.39 Å². The van der Waals surface area contributed by atoms with Crippen LogP contribution in [0.5, 0.6) is 0 Å². The third-order valence-electron chi connectivity index (χ3n) is 3.53. The van der Waals surface area contributed by atoms with Gasteiger partial charge in [-0.3, -0.25) is 0 Å². The highest BCUT2D eigenvalue weighted by atomic mass is 35.5. The summed E-state index contributed by atoms with van der Waals surface area (Å²) in [5.74, 6) is 0.293. The molecule has 3 rings (SSSR count). The summed E-state index contributed by atoms with van der Waals surface area (Å²) in [4.78, 5) is 0.409. The van der Waals surface area contributed by atoms with Gasteiger partial charge in [-0.25, -0.2) is 17.5 Å². The molecule has 0 radical (unpaired) electrons. The van der Waals surface area contributed by atoms with Gasteiger partial charge in [0.25, 0.3) is 0 Å². The molecule has 8 heteroatoms. The maximum Gasteiger partial charge on any atom is 0.242 e. The summed E-state index contributed by atoms with van der Waals surface area (Å²) in [6, 6.07) is 8.61. The molecule has 0 aromatic heterocycles. The van der Waals surface area contributed by atoms with Crippen LogP contribution in [0.15, 0.2) is 46.2 Å². The number of thioether (sulfide) groups is 1. The highest BCUT2D eigenvalue weighted by Crippen LogP contribution is 2.39. The van der Waals surface area contributed by atoms with Crippen LogP contribution in [0.3, 0.4) is 0 Å². The first-order chi connectivity index (χ1) is 10.9. The van der Waals surface area contributed by atoms with E-state index in [2.05, 4.69) is 4.72 Å². The van der Waals surface area contributed by atoms with Gasteiger partial charge in [0.2, 0.25) is 10.0 Å². The molecule has 0 aliphatic carbocycles. The Morgan fingerprint density at radius 2 is 1.91 bits per heavy atom. The fraction of sp³-hybridized carbons (Fsp3) is 0.200. The fourth-order valence-electron chi connectivity index (χ4n) is 2.45. The van der Waals surface area contributed by atoms with E-state index in [-0.39, 0.29) is 20.8 Å². The molecule has 2 aromatic rings. The Balaban J connectivity index is 1.97. The van der Waals surface area contributed by atoms with Gasteiger partial charge in [-0.15, -0.1) is 11.8 Å². The number of sulfonamides is 1. The van der Waals surface area contributed by atoms with E-state index in [0.29, 0.717) is 22.6 Å². The van der Waals surface area contributed by atoms with Crippen LogP contribution < -0.4 is 4.72 Å². The number of fused-ring (bicyclic) bond motifs is 1. The van der Waals surface area contributed by atoms with Gasteiger partial charge in [0, 0.05) is 10.9 Å². The molecule has 0 spiro atoms. The van der Waals surface area contributed by atoms with Gasteiger partial charge in [0.05, 0.1) is 10.0 Å². The Hall–Kier alpha value is -0.790. The quantitative estimate of drug-likeness (QED) is 0.827. The summed E-state index contributed by atoms with van der Waals surface area (Å²) in [6.07, 6.45) is 0.568. The van der Waals surface area contributed by atoms with Crippen LogP contribution in [0, 0.1) is 5.82 Å². The molecule has 0 unspecified atom stereocenters. The van der Waals surface area contributed by atoms with Crippen LogP contribution in [-0.2, 0) is 10.0 Å². The summed E-state index contributed by atoms with van der Waals surface area (Å²) in [7, 11) is -3.87. The predicted octanol–water partition coefficient (Wildman–Crippen LogP) is 4.65. The highest BCUT2D eigenvalue weighted by Gasteiger charge is 2.29. The normalized spacial score (nSPS) is 17.8. The molecule has 0 bridgehead atoms. The molecule has 0 fully saturated rings. The molecule has 1 aliphatic rings. The zero-order chi connectivity index (χ0) is 16.6. The monoisotopic (exact) mass is 391 g/mol. The van der Waals surface area contributed by atoms with Crippen molar-refractivity contribution >= 4 is 45.0 Å². The van der Waals surface area contributed by atoms with Crippen molar-refractivity contribution in [1.29, 1.82) is 0 Å². The van der Waals surface area contributed by atoms with Crippen LogP contribution in [0.25, 0.3) is 0 Å². The lowest BCUT2D eigenvalue weighted by molar-refractivity contribution is 0.533. The van der Waals surface area contributed by atoms with Crippen molar-refractivity contribution in [2.75, 3.05) is 5.75 Å². The first kappa shape index (κ1) is 17.0. The molecule has 23 heavy (non-hydrogen) atoms. The van der Waals surface area contributed by atoms with Crippen molar-refractivity contribution in [3.05, 3.63) is 57.8 Å². The van der Waals surface area contributed by atoms with Crippen molar-refractivity contribution in [2.24, 2.45) is 0 Å². The first-order valence-corrected chi connectivity index (χ1v) is 10.00. The molecule has 122 valence electrons. The van der Waals surface area contributed by atoms with Gasteiger partial charge in [-0.2, -0.15) is 0 Å².